The Morgan fingerprint density at radius 1 is 1.00 bits per heavy atom. The highest BCUT2D eigenvalue weighted by atomic mass is 19.4. The molecule has 0 aromatic rings. The second-order valence-corrected chi connectivity index (χ2v) is 1.45. The molecule has 0 spiro atoms. The van der Waals surface area contributed by atoms with Crippen molar-refractivity contribution in [3.63, 3.8) is 0 Å². The average molecular weight is 183 g/mol. The zero-order chi connectivity index (χ0) is 9.28. The lowest BCUT2D eigenvalue weighted by Crippen LogP contribution is -2.42. The van der Waals surface area contributed by atoms with Gasteiger partial charge >= 0.3 is 12.1 Å². The molecular formula is C3F7N. The maximum Gasteiger partial charge on any atom is 0.462 e. The van der Waals surface area contributed by atoms with Crippen LogP contribution in [0.25, 0.3) is 0 Å². The Hall–Kier alpha value is -0.820. The molecule has 0 fully saturated rings. The first-order chi connectivity index (χ1) is 4.73. The van der Waals surface area contributed by atoms with E-state index in [-0.39, 0.29) is 0 Å². The first-order valence-electron chi connectivity index (χ1n) is 2.03. The summed E-state index contributed by atoms with van der Waals surface area (Å²) in [5, 5.41) is 0.607. The molecule has 0 heterocycles. The van der Waals surface area contributed by atoms with Crippen LogP contribution in [-0.2, 0) is 0 Å². The normalized spacial score (nSPS) is 15.4. The highest BCUT2D eigenvalue weighted by molar-refractivity contribution is 5.82. The second-order valence-electron chi connectivity index (χ2n) is 1.45. The molecule has 0 saturated heterocycles. The van der Waals surface area contributed by atoms with Gasteiger partial charge < -0.3 is 0 Å². The number of hydrogen-bond donors (Lipinski definition) is 0. The summed E-state index contributed by atoms with van der Waals surface area (Å²) in [7, 11) is 0. The highest BCUT2D eigenvalue weighted by Crippen LogP contribution is 2.36. The van der Waals surface area contributed by atoms with Crippen LogP contribution >= 0.6 is 0 Å². The van der Waals surface area contributed by atoms with Crippen molar-refractivity contribution >= 4 is 5.97 Å². The maximum absolute atomic E-state index is 11.5. The molecule has 0 unspecified atom stereocenters. The van der Waals surface area contributed by atoms with Crippen LogP contribution in [0.5, 0.6) is 0 Å². The van der Waals surface area contributed by atoms with E-state index in [9.17, 15) is 30.8 Å². The van der Waals surface area contributed by atoms with Gasteiger partial charge in [-0.25, -0.2) is 0 Å². The van der Waals surface area contributed by atoms with Gasteiger partial charge in [0, 0.05) is 0 Å². The zero-order valence-corrected chi connectivity index (χ0v) is 4.59. The predicted octanol–water partition coefficient (Wildman–Crippen LogP) is 2.44. The van der Waals surface area contributed by atoms with Gasteiger partial charge in [-0.05, 0) is 0 Å². The van der Waals surface area contributed by atoms with E-state index >= 15 is 0 Å². The van der Waals surface area contributed by atoms with E-state index < -0.39 is 18.1 Å². The van der Waals surface area contributed by atoms with Gasteiger partial charge in [0.05, 0.1) is 0 Å². The maximum atomic E-state index is 11.5. The first kappa shape index (κ1) is 10.2. The Kier molecular flexibility index (Phi) is 2.47. The molecule has 0 radical (unpaired) electrons. The lowest BCUT2D eigenvalue weighted by atomic mass is 10.3. The monoisotopic (exact) mass is 183 g/mol. The molecular weight excluding hydrogens is 183 g/mol. The Morgan fingerprint density at radius 3 is 1.45 bits per heavy atom. The lowest BCUT2D eigenvalue weighted by Gasteiger charge is -2.14. The molecule has 1 nitrogen and oxygen atoms in total. The van der Waals surface area contributed by atoms with Crippen LogP contribution in [0.2, 0.25) is 0 Å². The Balaban J connectivity index is 4.74. The van der Waals surface area contributed by atoms with Crippen molar-refractivity contribution in [2.75, 3.05) is 0 Å². The van der Waals surface area contributed by atoms with Gasteiger partial charge in [0.1, 0.15) is 0 Å². The van der Waals surface area contributed by atoms with Crippen molar-refractivity contribution in [2.45, 2.75) is 12.1 Å². The molecule has 66 valence electrons. The molecule has 11 heavy (non-hydrogen) atoms. The first-order valence-corrected chi connectivity index (χ1v) is 2.03. The molecule has 0 rings (SSSR count). The number of hydrogen-bond acceptors (Lipinski definition) is 1. The molecule has 0 atom stereocenters. The number of alkyl halides is 5. The van der Waals surface area contributed by atoms with Crippen LogP contribution in [0.4, 0.5) is 30.8 Å². The summed E-state index contributed by atoms with van der Waals surface area (Å²) in [4.78, 5) is 0. The number of halogens is 7. The van der Waals surface area contributed by atoms with Crippen molar-refractivity contribution < 1.29 is 30.8 Å². The van der Waals surface area contributed by atoms with Gasteiger partial charge in [-0.2, -0.15) is 26.3 Å². The zero-order valence-electron chi connectivity index (χ0n) is 4.59. The quantitative estimate of drug-likeness (QED) is 0.437. The topological polar surface area (TPSA) is 12.4 Å². The standard InChI is InChI=1S/C3F7N/c4-1(11-10)2(5,6)3(7,8)9/b11-1-. The lowest BCUT2D eigenvalue weighted by molar-refractivity contribution is -0.252. The molecule has 0 bridgehead atoms. The minimum Gasteiger partial charge on any atom is -0.186 e. The Morgan fingerprint density at radius 2 is 1.36 bits per heavy atom. The molecule has 0 aliphatic carbocycles. The van der Waals surface area contributed by atoms with Crippen LogP contribution in [0, 0.1) is 0 Å². The Bertz CT molecular complexity index is 167. The summed E-state index contributed by atoms with van der Waals surface area (Å²) < 4.78 is 78.0. The third-order valence-corrected chi connectivity index (χ3v) is 0.689. The van der Waals surface area contributed by atoms with E-state index in [1.54, 1.807) is 0 Å². The van der Waals surface area contributed by atoms with Gasteiger partial charge in [0.25, 0.3) is 5.97 Å². The molecule has 0 aromatic carbocycles. The van der Waals surface area contributed by atoms with Crippen LogP contribution < -0.4 is 0 Å². The van der Waals surface area contributed by atoms with E-state index in [1.807, 2.05) is 0 Å². The fraction of sp³-hybridized carbons (Fsp3) is 0.667. The Labute approximate surface area is 55.5 Å². The third kappa shape index (κ3) is 1.81. The largest absolute Gasteiger partial charge is 0.462 e. The fourth-order valence-electron chi connectivity index (χ4n) is 0.170. The van der Waals surface area contributed by atoms with Crippen LogP contribution in [-0.4, -0.2) is 18.1 Å². The summed E-state index contributed by atoms with van der Waals surface area (Å²) in [6.45, 7) is 0. The summed E-state index contributed by atoms with van der Waals surface area (Å²) in [6.07, 6.45) is -6.16. The molecule has 8 heteroatoms. The average Bonchev–Trinajstić information content (AvgIpc) is 1.83. The number of rotatable bonds is 1. The van der Waals surface area contributed by atoms with Gasteiger partial charge in [-0.1, -0.05) is 9.70 Å². The predicted molar refractivity (Wildman–Crippen MR) is 20.7 cm³/mol. The van der Waals surface area contributed by atoms with Gasteiger partial charge in [-0.3, -0.25) is 0 Å². The highest BCUT2D eigenvalue weighted by Gasteiger charge is 2.62. The van der Waals surface area contributed by atoms with Crippen molar-refractivity contribution in [2.24, 2.45) is 5.21 Å². The van der Waals surface area contributed by atoms with E-state index in [4.69, 9.17) is 0 Å². The fourth-order valence-corrected chi connectivity index (χ4v) is 0.170. The van der Waals surface area contributed by atoms with Crippen LogP contribution in [0.1, 0.15) is 0 Å². The van der Waals surface area contributed by atoms with E-state index in [0.717, 1.165) is 0 Å². The van der Waals surface area contributed by atoms with Crippen molar-refractivity contribution in [1.29, 1.82) is 0 Å². The van der Waals surface area contributed by atoms with Gasteiger partial charge in [0.2, 0.25) is 0 Å². The minimum absolute atomic E-state index is 0.607. The third-order valence-electron chi connectivity index (χ3n) is 0.689. The minimum atomic E-state index is -6.16. The van der Waals surface area contributed by atoms with E-state index in [2.05, 4.69) is 0 Å². The number of nitrogens with zero attached hydrogens (tertiary/aromatic N) is 1. The van der Waals surface area contributed by atoms with Gasteiger partial charge in [-0.15, -0.1) is 0 Å². The summed E-state index contributed by atoms with van der Waals surface area (Å²) in [5.41, 5.74) is 0. The molecule has 0 aromatic heterocycles. The molecule has 0 amide bonds. The van der Waals surface area contributed by atoms with E-state index in [0.29, 0.717) is 5.21 Å². The van der Waals surface area contributed by atoms with Crippen LogP contribution in [0.15, 0.2) is 5.21 Å². The van der Waals surface area contributed by atoms with E-state index in [1.165, 1.54) is 0 Å². The molecule has 0 N–H and O–H groups in total. The van der Waals surface area contributed by atoms with Crippen LogP contribution in [0.3, 0.4) is 0 Å². The molecule has 0 aliphatic rings. The van der Waals surface area contributed by atoms with Crippen molar-refractivity contribution in [3.05, 3.63) is 0 Å². The molecule has 0 aliphatic heterocycles. The summed E-state index contributed by atoms with van der Waals surface area (Å²) >= 11 is 0. The molecule has 0 saturated carbocycles. The van der Waals surface area contributed by atoms with Crippen molar-refractivity contribution in [3.8, 4) is 0 Å². The van der Waals surface area contributed by atoms with Crippen molar-refractivity contribution in [1.82, 2.24) is 0 Å². The summed E-state index contributed by atoms with van der Waals surface area (Å²) in [5.74, 6) is -9.24. The second kappa shape index (κ2) is 2.67. The smallest absolute Gasteiger partial charge is 0.186 e. The SMILES string of the molecule is F/N=C(\F)C(F)(F)C(F)(F)F. The van der Waals surface area contributed by atoms with Gasteiger partial charge in [0.15, 0.2) is 0 Å². The summed E-state index contributed by atoms with van der Waals surface area (Å²) in [6, 6.07) is 0.